The monoisotopic (exact) mass is 254 g/mol. The Balaban J connectivity index is 1.96. The molecule has 0 aromatic heterocycles. The fourth-order valence-corrected chi connectivity index (χ4v) is 2.86. The van der Waals surface area contributed by atoms with E-state index >= 15 is 0 Å². The summed E-state index contributed by atoms with van der Waals surface area (Å²) in [5, 5.41) is 2.06. The molecule has 2 aromatic rings. The molecule has 0 spiro atoms. The van der Waals surface area contributed by atoms with E-state index in [0.717, 1.165) is 35.6 Å². The molecule has 2 heteroatoms. The van der Waals surface area contributed by atoms with E-state index in [1.807, 2.05) is 36.4 Å². The van der Waals surface area contributed by atoms with E-state index in [0.29, 0.717) is 5.56 Å². The number of aldehydes is 1. The maximum atomic E-state index is 11.4. The van der Waals surface area contributed by atoms with Gasteiger partial charge in [0.25, 0.3) is 0 Å². The van der Waals surface area contributed by atoms with Crippen molar-refractivity contribution in [3.05, 3.63) is 42.0 Å². The topological polar surface area (TPSA) is 26.3 Å². The van der Waals surface area contributed by atoms with Crippen LogP contribution in [0.2, 0.25) is 0 Å². The summed E-state index contributed by atoms with van der Waals surface area (Å²) in [6.45, 7) is 0. The number of fused-ring (bicyclic) bond motifs is 1. The molecule has 0 amide bonds. The molecule has 0 N–H and O–H groups in total. The predicted octanol–water partition coefficient (Wildman–Crippen LogP) is 4.36. The predicted molar refractivity (Wildman–Crippen MR) is 76.8 cm³/mol. The molecular weight excluding hydrogens is 236 g/mol. The van der Waals surface area contributed by atoms with Gasteiger partial charge >= 0.3 is 0 Å². The van der Waals surface area contributed by atoms with Gasteiger partial charge in [0.2, 0.25) is 0 Å². The van der Waals surface area contributed by atoms with Crippen molar-refractivity contribution in [2.45, 2.75) is 38.2 Å². The zero-order valence-electron chi connectivity index (χ0n) is 11.0. The smallest absolute Gasteiger partial charge is 0.154 e. The average Bonchev–Trinajstić information content (AvgIpc) is 2.48. The van der Waals surface area contributed by atoms with Crippen LogP contribution in [0.15, 0.2) is 36.4 Å². The van der Waals surface area contributed by atoms with Crippen molar-refractivity contribution in [3.63, 3.8) is 0 Å². The van der Waals surface area contributed by atoms with Gasteiger partial charge in [0.15, 0.2) is 6.29 Å². The Labute approximate surface area is 113 Å². The van der Waals surface area contributed by atoms with Gasteiger partial charge in [0.05, 0.1) is 11.7 Å². The Hall–Kier alpha value is -1.83. The molecule has 98 valence electrons. The van der Waals surface area contributed by atoms with Gasteiger partial charge in [-0.05, 0) is 42.5 Å². The lowest BCUT2D eigenvalue weighted by molar-refractivity contribution is 0.111. The molecule has 1 aliphatic rings. The molecule has 0 saturated heterocycles. The molecular formula is C17H18O2. The van der Waals surface area contributed by atoms with Crippen LogP contribution in [0.1, 0.15) is 42.5 Å². The highest BCUT2D eigenvalue weighted by Gasteiger charge is 2.17. The first-order chi connectivity index (χ1) is 9.38. The lowest BCUT2D eigenvalue weighted by Gasteiger charge is -2.24. The van der Waals surface area contributed by atoms with Gasteiger partial charge < -0.3 is 4.74 Å². The Morgan fingerprint density at radius 1 is 1.00 bits per heavy atom. The minimum absolute atomic E-state index is 0.272. The highest BCUT2D eigenvalue weighted by atomic mass is 16.5. The summed E-state index contributed by atoms with van der Waals surface area (Å²) >= 11 is 0. The molecule has 1 saturated carbocycles. The van der Waals surface area contributed by atoms with E-state index in [9.17, 15) is 4.79 Å². The number of ether oxygens (including phenoxy) is 1. The van der Waals surface area contributed by atoms with Crippen molar-refractivity contribution in [2.75, 3.05) is 0 Å². The summed E-state index contributed by atoms with van der Waals surface area (Å²) < 4.78 is 6.05. The van der Waals surface area contributed by atoms with Gasteiger partial charge in [-0.15, -0.1) is 0 Å². The summed E-state index contributed by atoms with van der Waals surface area (Å²) in [4.78, 5) is 11.4. The van der Waals surface area contributed by atoms with E-state index in [1.165, 1.54) is 19.3 Å². The third-order valence-corrected chi connectivity index (χ3v) is 3.89. The van der Waals surface area contributed by atoms with Crippen LogP contribution in [-0.4, -0.2) is 12.4 Å². The Kier molecular flexibility index (Phi) is 3.49. The summed E-state index contributed by atoms with van der Waals surface area (Å²) in [7, 11) is 0. The average molecular weight is 254 g/mol. The highest BCUT2D eigenvalue weighted by Crippen LogP contribution is 2.30. The number of hydrogen-bond donors (Lipinski definition) is 0. The molecule has 0 heterocycles. The van der Waals surface area contributed by atoms with Crippen molar-refractivity contribution >= 4 is 17.1 Å². The molecule has 19 heavy (non-hydrogen) atoms. The van der Waals surface area contributed by atoms with Gasteiger partial charge in [-0.3, -0.25) is 4.79 Å². The second-order valence-electron chi connectivity index (χ2n) is 5.19. The minimum atomic E-state index is 0.272. The normalized spacial score (nSPS) is 16.4. The van der Waals surface area contributed by atoms with Gasteiger partial charge in [0, 0.05) is 0 Å². The van der Waals surface area contributed by atoms with E-state index in [2.05, 4.69) is 0 Å². The minimum Gasteiger partial charge on any atom is -0.490 e. The summed E-state index contributed by atoms with van der Waals surface area (Å²) in [5.74, 6) is 0.737. The second-order valence-corrected chi connectivity index (χ2v) is 5.19. The maximum Gasteiger partial charge on any atom is 0.154 e. The van der Waals surface area contributed by atoms with E-state index in [4.69, 9.17) is 4.74 Å². The van der Waals surface area contributed by atoms with Crippen LogP contribution in [0.3, 0.4) is 0 Å². The number of rotatable bonds is 3. The second kappa shape index (κ2) is 5.43. The van der Waals surface area contributed by atoms with Crippen molar-refractivity contribution in [2.24, 2.45) is 0 Å². The molecule has 1 fully saturated rings. The van der Waals surface area contributed by atoms with E-state index in [1.54, 1.807) is 0 Å². The first-order valence-corrected chi connectivity index (χ1v) is 7.02. The SMILES string of the molecule is O=Cc1c(OC2CCCCC2)ccc2ccccc12. The van der Waals surface area contributed by atoms with Crippen LogP contribution in [0.25, 0.3) is 10.8 Å². The number of hydrogen-bond acceptors (Lipinski definition) is 2. The molecule has 3 rings (SSSR count). The lowest BCUT2D eigenvalue weighted by atomic mass is 9.97. The van der Waals surface area contributed by atoms with Crippen molar-refractivity contribution in [3.8, 4) is 5.75 Å². The molecule has 0 unspecified atom stereocenters. The summed E-state index contributed by atoms with van der Waals surface area (Å²) in [6, 6.07) is 11.9. The molecule has 0 bridgehead atoms. The van der Waals surface area contributed by atoms with Crippen LogP contribution in [0.5, 0.6) is 5.75 Å². The maximum absolute atomic E-state index is 11.4. The van der Waals surface area contributed by atoms with Gasteiger partial charge in [-0.2, -0.15) is 0 Å². The Bertz CT molecular complexity index is 583. The lowest BCUT2D eigenvalue weighted by Crippen LogP contribution is -2.20. The molecule has 1 aliphatic carbocycles. The quantitative estimate of drug-likeness (QED) is 0.760. The summed E-state index contributed by atoms with van der Waals surface area (Å²) in [6.07, 6.45) is 7.16. The van der Waals surface area contributed by atoms with Crippen molar-refractivity contribution in [1.29, 1.82) is 0 Å². The summed E-state index contributed by atoms with van der Waals surface area (Å²) in [5.41, 5.74) is 0.684. The van der Waals surface area contributed by atoms with Gasteiger partial charge in [-0.25, -0.2) is 0 Å². The van der Waals surface area contributed by atoms with E-state index < -0.39 is 0 Å². The van der Waals surface area contributed by atoms with Crippen LogP contribution in [0, 0.1) is 0 Å². The number of carbonyl (C=O) groups is 1. The molecule has 0 aliphatic heterocycles. The number of benzene rings is 2. The molecule has 0 atom stereocenters. The largest absolute Gasteiger partial charge is 0.490 e. The zero-order chi connectivity index (χ0) is 13.1. The van der Waals surface area contributed by atoms with Crippen LogP contribution >= 0.6 is 0 Å². The molecule has 2 nitrogen and oxygen atoms in total. The van der Waals surface area contributed by atoms with Crippen molar-refractivity contribution < 1.29 is 9.53 Å². The first-order valence-electron chi connectivity index (χ1n) is 7.02. The molecule has 0 radical (unpaired) electrons. The van der Waals surface area contributed by atoms with Crippen LogP contribution in [-0.2, 0) is 0 Å². The Morgan fingerprint density at radius 2 is 1.79 bits per heavy atom. The third kappa shape index (κ3) is 2.48. The third-order valence-electron chi connectivity index (χ3n) is 3.89. The van der Waals surface area contributed by atoms with Crippen LogP contribution in [0.4, 0.5) is 0 Å². The first kappa shape index (κ1) is 12.2. The van der Waals surface area contributed by atoms with Gasteiger partial charge in [-0.1, -0.05) is 36.8 Å². The fourth-order valence-electron chi connectivity index (χ4n) is 2.86. The van der Waals surface area contributed by atoms with Crippen LogP contribution < -0.4 is 4.74 Å². The highest BCUT2D eigenvalue weighted by molar-refractivity contribution is 6.00. The van der Waals surface area contributed by atoms with E-state index in [-0.39, 0.29) is 6.10 Å². The fraction of sp³-hybridized carbons (Fsp3) is 0.353. The number of carbonyl (C=O) groups excluding carboxylic acids is 1. The van der Waals surface area contributed by atoms with Crippen molar-refractivity contribution in [1.82, 2.24) is 0 Å². The zero-order valence-corrected chi connectivity index (χ0v) is 11.0. The Morgan fingerprint density at radius 3 is 2.58 bits per heavy atom. The van der Waals surface area contributed by atoms with Gasteiger partial charge in [0.1, 0.15) is 5.75 Å². The standard InChI is InChI=1S/C17H18O2/c18-12-16-15-9-5-4-6-13(15)10-11-17(16)19-14-7-2-1-3-8-14/h4-6,9-12,14H,1-3,7-8H2. The molecule has 2 aromatic carbocycles.